The lowest BCUT2D eigenvalue weighted by Crippen LogP contribution is -2.45. The SMILES string of the molecule is C[C@H]1COCCN1c1nc(Cl)nc2c1CCNC2. The highest BCUT2D eigenvalue weighted by Gasteiger charge is 2.26. The number of ether oxygens (including phenoxy) is 1. The topological polar surface area (TPSA) is 50.3 Å². The van der Waals surface area contributed by atoms with Gasteiger partial charge < -0.3 is 15.0 Å². The maximum Gasteiger partial charge on any atom is 0.224 e. The van der Waals surface area contributed by atoms with Crippen molar-refractivity contribution >= 4 is 17.4 Å². The van der Waals surface area contributed by atoms with Crippen LogP contribution in [0.3, 0.4) is 0 Å². The van der Waals surface area contributed by atoms with Crippen LogP contribution < -0.4 is 10.2 Å². The fourth-order valence-electron chi connectivity index (χ4n) is 2.59. The molecule has 0 aromatic carbocycles. The van der Waals surface area contributed by atoms with Crippen molar-refractivity contribution in [2.24, 2.45) is 0 Å². The number of nitrogens with one attached hydrogen (secondary N) is 1. The molecule has 0 unspecified atom stereocenters. The maximum atomic E-state index is 6.04. The number of aromatic nitrogens is 2. The molecule has 1 N–H and O–H groups in total. The third-order valence-electron chi connectivity index (χ3n) is 3.53. The monoisotopic (exact) mass is 268 g/mol. The van der Waals surface area contributed by atoms with E-state index >= 15 is 0 Å². The Morgan fingerprint density at radius 2 is 2.33 bits per heavy atom. The highest BCUT2D eigenvalue weighted by molar-refractivity contribution is 6.28. The molecule has 0 radical (unpaired) electrons. The minimum atomic E-state index is 0.337. The number of hydrogen-bond acceptors (Lipinski definition) is 5. The summed E-state index contributed by atoms with van der Waals surface area (Å²) < 4.78 is 5.48. The Hall–Kier alpha value is -0.910. The van der Waals surface area contributed by atoms with E-state index in [1.54, 1.807) is 0 Å². The Kier molecular flexibility index (Phi) is 3.37. The second-order valence-electron chi connectivity index (χ2n) is 4.79. The third kappa shape index (κ3) is 2.18. The molecule has 2 aliphatic rings. The van der Waals surface area contributed by atoms with E-state index in [1.165, 1.54) is 5.56 Å². The van der Waals surface area contributed by atoms with E-state index in [1.807, 2.05) is 0 Å². The number of nitrogens with zero attached hydrogens (tertiary/aromatic N) is 3. The molecule has 0 aliphatic carbocycles. The zero-order valence-corrected chi connectivity index (χ0v) is 11.2. The van der Waals surface area contributed by atoms with Gasteiger partial charge in [0.15, 0.2) is 0 Å². The van der Waals surface area contributed by atoms with Crippen molar-refractivity contribution in [1.82, 2.24) is 15.3 Å². The largest absolute Gasteiger partial charge is 0.377 e. The number of rotatable bonds is 1. The van der Waals surface area contributed by atoms with E-state index in [4.69, 9.17) is 16.3 Å². The van der Waals surface area contributed by atoms with Gasteiger partial charge in [0.25, 0.3) is 0 Å². The first-order valence-corrected chi connectivity index (χ1v) is 6.74. The summed E-state index contributed by atoms with van der Waals surface area (Å²) in [5.41, 5.74) is 2.28. The lowest BCUT2D eigenvalue weighted by molar-refractivity contribution is 0.0984. The molecule has 98 valence electrons. The van der Waals surface area contributed by atoms with Crippen molar-refractivity contribution in [3.63, 3.8) is 0 Å². The normalized spacial score (nSPS) is 23.9. The van der Waals surface area contributed by atoms with E-state index in [9.17, 15) is 0 Å². The van der Waals surface area contributed by atoms with Crippen LogP contribution in [0.1, 0.15) is 18.2 Å². The Morgan fingerprint density at radius 1 is 1.44 bits per heavy atom. The fourth-order valence-corrected chi connectivity index (χ4v) is 2.77. The molecular weight excluding hydrogens is 252 g/mol. The van der Waals surface area contributed by atoms with Crippen LogP contribution in [0.15, 0.2) is 0 Å². The van der Waals surface area contributed by atoms with Gasteiger partial charge in [-0.15, -0.1) is 0 Å². The lowest BCUT2D eigenvalue weighted by Gasteiger charge is -2.36. The minimum Gasteiger partial charge on any atom is -0.377 e. The summed E-state index contributed by atoms with van der Waals surface area (Å²) in [7, 11) is 0. The van der Waals surface area contributed by atoms with Crippen molar-refractivity contribution in [2.45, 2.75) is 25.9 Å². The van der Waals surface area contributed by atoms with Crippen molar-refractivity contribution in [2.75, 3.05) is 31.2 Å². The maximum absolute atomic E-state index is 6.04. The van der Waals surface area contributed by atoms with Crippen LogP contribution in [0.5, 0.6) is 0 Å². The molecule has 18 heavy (non-hydrogen) atoms. The summed E-state index contributed by atoms with van der Waals surface area (Å²) in [5.74, 6) is 1.00. The van der Waals surface area contributed by atoms with E-state index < -0.39 is 0 Å². The molecule has 0 spiro atoms. The van der Waals surface area contributed by atoms with Crippen LogP contribution in [0.4, 0.5) is 5.82 Å². The number of anilines is 1. The predicted octanol–water partition coefficient (Wildman–Crippen LogP) is 1.00. The van der Waals surface area contributed by atoms with Crippen LogP contribution in [0.2, 0.25) is 5.28 Å². The number of halogens is 1. The molecule has 2 aliphatic heterocycles. The van der Waals surface area contributed by atoms with Crippen molar-refractivity contribution < 1.29 is 4.74 Å². The summed E-state index contributed by atoms with van der Waals surface area (Å²) in [5, 5.41) is 3.66. The van der Waals surface area contributed by atoms with Gasteiger partial charge >= 0.3 is 0 Å². The molecule has 3 rings (SSSR count). The first-order chi connectivity index (χ1) is 8.75. The number of hydrogen-bond donors (Lipinski definition) is 1. The Balaban J connectivity index is 2.01. The molecule has 1 atom stereocenters. The Bertz CT molecular complexity index is 454. The summed E-state index contributed by atoms with van der Waals surface area (Å²) in [6.07, 6.45) is 0.964. The van der Waals surface area contributed by atoms with Gasteiger partial charge in [0.1, 0.15) is 5.82 Å². The van der Waals surface area contributed by atoms with Gasteiger partial charge in [0, 0.05) is 18.7 Å². The first-order valence-electron chi connectivity index (χ1n) is 6.36. The van der Waals surface area contributed by atoms with Crippen LogP contribution in [-0.2, 0) is 17.7 Å². The van der Waals surface area contributed by atoms with Gasteiger partial charge in [0.05, 0.1) is 24.9 Å². The second kappa shape index (κ2) is 4.99. The molecule has 0 amide bonds. The molecule has 3 heterocycles. The highest BCUT2D eigenvalue weighted by atomic mass is 35.5. The third-order valence-corrected chi connectivity index (χ3v) is 3.70. The number of morpholine rings is 1. The predicted molar refractivity (Wildman–Crippen MR) is 70.1 cm³/mol. The van der Waals surface area contributed by atoms with Crippen LogP contribution in [-0.4, -0.2) is 42.3 Å². The zero-order chi connectivity index (χ0) is 12.5. The van der Waals surface area contributed by atoms with Gasteiger partial charge in [-0.1, -0.05) is 0 Å². The molecule has 1 aromatic rings. The number of fused-ring (bicyclic) bond motifs is 1. The standard InChI is InChI=1S/C12H17ClN4O/c1-8-7-18-5-4-17(8)11-9-2-3-14-6-10(9)15-12(13)16-11/h8,14H,2-7H2,1H3/t8-/m0/s1. The molecule has 0 bridgehead atoms. The van der Waals surface area contributed by atoms with Crippen molar-refractivity contribution in [3.8, 4) is 0 Å². The van der Waals surface area contributed by atoms with E-state index in [2.05, 4.69) is 27.1 Å². The van der Waals surface area contributed by atoms with Crippen LogP contribution in [0, 0.1) is 0 Å². The van der Waals surface area contributed by atoms with Gasteiger partial charge in [-0.2, -0.15) is 0 Å². The smallest absolute Gasteiger partial charge is 0.224 e. The first kappa shape index (κ1) is 12.1. The van der Waals surface area contributed by atoms with Gasteiger partial charge in [-0.25, -0.2) is 9.97 Å². The van der Waals surface area contributed by atoms with E-state index in [-0.39, 0.29) is 0 Å². The summed E-state index contributed by atoms with van der Waals surface area (Å²) in [6.45, 7) is 6.28. The summed E-state index contributed by atoms with van der Waals surface area (Å²) >= 11 is 6.04. The Labute approximate surface area is 112 Å². The fraction of sp³-hybridized carbons (Fsp3) is 0.667. The average molecular weight is 269 g/mol. The average Bonchev–Trinajstić information content (AvgIpc) is 2.38. The molecule has 1 aromatic heterocycles. The quantitative estimate of drug-likeness (QED) is 0.770. The lowest BCUT2D eigenvalue weighted by atomic mass is 10.1. The van der Waals surface area contributed by atoms with Crippen molar-refractivity contribution in [1.29, 1.82) is 0 Å². The van der Waals surface area contributed by atoms with Gasteiger partial charge in [0.2, 0.25) is 5.28 Å². The zero-order valence-electron chi connectivity index (χ0n) is 10.4. The molecule has 1 fully saturated rings. The summed E-state index contributed by atoms with van der Waals surface area (Å²) in [6, 6.07) is 0.337. The van der Waals surface area contributed by atoms with E-state index in [0.29, 0.717) is 11.3 Å². The van der Waals surface area contributed by atoms with Gasteiger partial charge in [-0.05, 0) is 31.5 Å². The molecule has 0 saturated carbocycles. The Morgan fingerprint density at radius 3 is 3.17 bits per heavy atom. The summed E-state index contributed by atoms with van der Waals surface area (Å²) in [4.78, 5) is 11.1. The van der Waals surface area contributed by atoms with Crippen LogP contribution >= 0.6 is 11.6 Å². The van der Waals surface area contributed by atoms with Crippen LogP contribution in [0.25, 0.3) is 0 Å². The molecule has 6 heteroatoms. The molecule has 1 saturated heterocycles. The minimum absolute atomic E-state index is 0.337. The molecular formula is C12H17ClN4O. The van der Waals surface area contributed by atoms with E-state index in [0.717, 1.165) is 50.8 Å². The van der Waals surface area contributed by atoms with Crippen molar-refractivity contribution in [3.05, 3.63) is 16.5 Å². The molecule has 5 nitrogen and oxygen atoms in total. The second-order valence-corrected chi connectivity index (χ2v) is 5.12. The van der Waals surface area contributed by atoms with Gasteiger partial charge in [-0.3, -0.25) is 0 Å². The highest BCUT2D eigenvalue weighted by Crippen LogP contribution is 2.27.